The van der Waals surface area contributed by atoms with Crippen molar-refractivity contribution < 1.29 is 9.47 Å². The van der Waals surface area contributed by atoms with E-state index in [9.17, 15) is 0 Å². The van der Waals surface area contributed by atoms with Crippen LogP contribution < -0.4 is 10.1 Å². The summed E-state index contributed by atoms with van der Waals surface area (Å²) in [5.41, 5.74) is 0.256. The van der Waals surface area contributed by atoms with Crippen LogP contribution >= 0.6 is 15.9 Å². The van der Waals surface area contributed by atoms with Gasteiger partial charge in [-0.25, -0.2) is 0 Å². The van der Waals surface area contributed by atoms with Crippen molar-refractivity contribution >= 4 is 15.9 Å². The predicted octanol–water partition coefficient (Wildman–Crippen LogP) is 3.48. The summed E-state index contributed by atoms with van der Waals surface area (Å²) < 4.78 is 11.8. The fraction of sp³-hybridized carbons (Fsp3) is 0.600. The van der Waals surface area contributed by atoms with Gasteiger partial charge in [-0.3, -0.25) is 0 Å². The van der Waals surface area contributed by atoms with Crippen molar-refractivity contribution in [2.75, 3.05) is 33.4 Å². The molecule has 0 unspecified atom stereocenters. The average Bonchev–Trinajstić information content (AvgIpc) is 2.36. The second kappa shape index (κ2) is 8.56. The van der Waals surface area contributed by atoms with Gasteiger partial charge in [-0.2, -0.15) is 0 Å². The summed E-state index contributed by atoms with van der Waals surface area (Å²) in [5.74, 6) is 0.898. The molecule has 1 N–H and O–H groups in total. The van der Waals surface area contributed by atoms with Crippen LogP contribution in [0.2, 0.25) is 0 Å². The SMILES string of the molecule is COCCC(C)(C)CNCCOc1cccc(Br)c1. The van der Waals surface area contributed by atoms with Gasteiger partial charge in [0.05, 0.1) is 0 Å². The number of benzene rings is 1. The third-order valence-electron chi connectivity index (χ3n) is 2.93. The molecule has 0 aliphatic carbocycles. The molecule has 0 saturated carbocycles. The lowest BCUT2D eigenvalue weighted by Gasteiger charge is -2.24. The first kappa shape index (κ1) is 16.5. The van der Waals surface area contributed by atoms with Gasteiger partial charge in [0.15, 0.2) is 0 Å². The first-order chi connectivity index (χ1) is 9.03. The van der Waals surface area contributed by atoms with Crippen LogP contribution in [0.3, 0.4) is 0 Å². The number of halogens is 1. The molecule has 0 fully saturated rings. The van der Waals surface area contributed by atoms with Crippen LogP contribution in [0.5, 0.6) is 5.75 Å². The molecule has 1 rings (SSSR count). The molecule has 0 heterocycles. The van der Waals surface area contributed by atoms with Crippen LogP contribution in [0.1, 0.15) is 20.3 Å². The molecule has 108 valence electrons. The second-order valence-corrected chi connectivity index (χ2v) is 6.31. The normalized spacial score (nSPS) is 11.6. The molecule has 0 radical (unpaired) electrons. The summed E-state index contributed by atoms with van der Waals surface area (Å²) in [7, 11) is 1.75. The average molecular weight is 330 g/mol. The van der Waals surface area contributed by atoms with Crippen molar-refractivity contribution in [2.45, 2.75) is 20.3 Å². The number of methoxy groups -OCH3 is 1. The summed E-state index contributed by atoms with van der Waals surface area (Å²) in [6, 6.07) is 7.90. The number of hydrogen-bond donors (Lipinski definition) is 1. The molecule has 0 saturated heterocycles. The minimum absolute atomic E-state index is 0.256. The zero-order chi connectivity index (χ0) is 14.1. The van der Waals surface area contributed by atoms with Crippen molar-refractivity contribution in [3.63, 3.8) is 0 Å². The van der Waals surface area contributed by atoms with Gasteiger partial charge in [-0.15, -0.1) is 0 Å². The van der Waals surface area contributed by atoms with Crippen molar-refractivity contribution in [2.24, 2.45) is 5.41 Å². The molecular formula is C15H24BrNO2. The van der Waals surface area contributed by atoms with E-state index in [0.717, 1.165) is 36.3 Å². The third-order valence-corrected chi connectivity index (χ3v) is 3.42. The Hall–Kier alpha value is -0.580. The van der Waals surface area contributed by atoms with E-state index >= 15 is 0 Å². The van der Waals surface area contributed by atoms with Crippen LogP contribution in [0.15, 0.2) is 28.7 Å². The van der Waals surface area contributed by atoms with Crippen LogP contribution in [0.4, 0.5) is 0 Å². The van der Waals surface area contributed by atoms with Crippen LogP contribution in [-0.2, 0) is 4.74 Å². The molecule has 0 amide bonds. The number of hydrogen-bond acceptors (Lipinski definition) is 3. The Labute approximate surface area is 124 Å². The second-order valence-electron chi connectivity index (χ2n) is 5.39. The van der Waals surface area contributed by atoms with Gasteiger partial charge in [0.1, 0.15) is 12.4 Å². The number of nitrogens with one attached hydrogen (secondary N) is 1. The Morgan fingerprint density at radius 3 is 2.74 bits per heavy atom. The van der Waals surface area contributed by atoms with Crippen LogP contribution in [0.25, 0.3) is 0 Å². The van der Waals surface area contributed by atoms with Gasteiger partial charge in [-0.1, -0.05) is 35.8 Å². The molecule has 3 nitrogen and oxygen atoms in total. The molecule has 1 aromatic rings. The van der Waals surface area contributed by atoms with E-state index in [2.05, 4.69) is 35.1 Å². The zero-order valence-electron chi connectivity index (χ0n) is 12.0. The first-order valence-electron chi connectivity index (χ1n) is 6.61. The Balaban J connectivity index is 2.14. The maximum atomic E-state index is 5.67. The Morgan fingerprint density at radius 2 is 2.05 bits per heavy atom. The highest BCUT2D eigenvalue weighted by molar-refractivity contribution is 9.10. The fourth-order valence-corrected chi connectivity index (χ4v) is 2.07. The van der Waals surface area contributed by atoms with E-state index in [1.54, 1.807) is 7.11 Å². The number of ether oxygens (including phenoxy) is 2. The highest BCUT2D eigenvalue weighted by atomic mass is 79.9. The van der Waals surface area contributed by atoms with Crippen LogP contribution in [-0.4, -0.2) is 33.4 Å². The van der Waals surface area contributed by atoms with Crippen molar-refractivity contribution in [1.82, 2.24) is 5.32 Å². The molecule has 0 spiro atoms. The van der Waals surface area contributed by atoms with Gasteiger partial charge in [0.25, 0.3) is 0 Å². The van der Waals surface area contributed by atoms with Gasteiger partial charge < -0.3 is 14.8 Å². The maximum absolute atomic E-state index is 5.67. The van der Waals surface area contributed by atoms with Crippen LogP contribution in [0, 0.1) is 5.41 Å². The smallest absolute Gasteiger partial charge is 0.120 e. The van der Waals surface area contributed by atoms with E-state index in [0.29, 0.717) is 6.61 Å². The highest BCUT2D eigenvalue weighted by Gasteiger charge is 2.16. The monoisotopic (exact) mass is 329 g/mol. The molecule has 4 heteroatoms. The maximum Gasteiger partial charge on any atom is 0.120 e. The zero-order valence-corrected chi connectivity index (χ0v) is 13.6. The lowest BCUT2D eigenvalue weighted by atomic mass is 9.90. The fourth-order valence-electron chi connectivity index (χ4n) is 1.69. The van der Waals surface area contributed by atoms with Gasteiger partial charge in [-0.05, 0) is 30.0 Å². The summed E-state index contributed by atoms with van der Waals surface area (Å²) in [6.07, 6.45) is 1.06. The standard InChI is InChI=1S/C15H24BrNO2/c1-15(2,7-9-18-3)12-17-8-10-19-14-6-4-5-13(16)11-14/h4-6,11,17H,7-10,12H2,1-3H3. The Morgan fingerprint density at radius 1 is 1.26 bits per heavy atom. The van der Waals surface area contributed by atoms with Gasteiger partial charge in [0.2, 0.25) is 0 Å². The molecule has 19 heavy (non-hydrogen) atoms. The Kier molecular flexibility index (Phi) is 7.42. The minimum Gasteiger partial charge on any atom is -0.492 e. The molecule has 1 aromatic carbocycles. The molecule has 0 bridgehead atoms. The summed E-state index contributed by atoms with van der Waals surface area (Å²) in [4.78, 5) is 0. The lowest BCUT2D eigenvalue weighted by Crippen LogP contribution is -2.32. The van der Waals surface area contributed by atoms with Crippen molar-refractivity contribution in [3.8, 4) is 5.75 Å². The Bertz CT molecular complexity index is 369. The lowest BCUT2D eigenvalue weighted by molar-refractivity contribution is 0.150. The topological polar surface area (TPSA) is 30.5 Å². The van der Waals surface area contributed by atoms with E-state index in [4.69, 9.17) is 9.47 Å². The first-order valence-corrected chi connectivity index (χ1v) is 7.41. The number of rotatable bonds is 9. The summed E-state index contributed by atoms with van der Waals surface area (Å²) in [6.45, 7) is 7.80. The highest BCUT2D eigenvalue weighted by Crippen LogP contribution is 2.19. The molecular weight excluding hydrogens is 306 g/mol. The third kappa shape index (κ3) is 7.55. The quantitative estimate of drug-likeness (QED) is 0.703. The van der Waals surface area contributed by atoms with E-state index < -0.39 is 0 Å². The molecule has 0 aliphatic heterocycles. The van der Waals surface area contributed by atoms with Gasteiger partial charge in [0, 0.05) is 31.3 Å². The summed E-state index contributed by atoms with van der Waals surface area (Å²) >= 11 is 3.43. The molecule has 0 aliphatic rings. The largest absolute Gasteiger partial charge is 0.492 e. The minimum atomic E-state index is 0.256. The van der Waals surface area contributed by atoms with E-state index in [-0.39, 0.29) is 5.41 Å². The summed E-state index contributed by atoms with van der Waals surface area (Å²) in [5, 5.41) is 3.43. The van der Waals surface area contributed by atoms with E-state index in [1.807, 2.05) is 24.3 Å². The molecule has 0 atom stereocenters. The van der Waals surface area contributed by atoms with Crippen molar-refractivity contribution in [3.05, 3.63) is 28.7 Å². The van der Waals surface area contributed by atoms with Gasteiger partial charge >= 0.3 is 0 Å². The van der Waals surface area contributed by atoms with E-state index in [1.165, 1.54) is 0 Å². The predicted molar refractivity (Wildman–Crippen MR) is 82.8 cm³/mol. The molecule has 0 aromatic heterocycles. The van der Waals surface area contributed by atoms with Crippen molar-refractivity contribution in [1.29, 1.82) is 0 Å².